The first-order valence-electron chi connectivity index (χ1n) is 7.66. The fraction of sp³-hybridized carbons (Fsp3) is 0.471. The number of benzene rings is 1. The lowest BCUT2D eigenvalue weighted by molar-refractivity contribution is -0.679. The zero-order valence-electron chi connectivity index (χ0n) is 13.3. The van der Waals surface area contributed by atoms with Gasteiger partial charge in [0.15, 0.2) is 10.8 Å². The van der Waals surface area contributed by atoms with Crippen molar-refractivity contribution in [3.8, 4) is 12.1 Å². The summed E-state index contributed by atoms with van der Waals surface area (Å²) in [5.41, 5.74) is 3.76. The van der Waals surface area contributed by atoms with Crippen molar-refractivity contribution in [2.75, 3.05) is 6.61 Å². The van der Waals surface area contributed by atoms with Crippen molar-refractivity contribution in [3.05, 3.63) is 34.3 Å². The number of fused-ring (bicyclic) bond motifs is 2. The van der Waals surface area contributed by atoms with Gasteiger partial charge in [-0.1, -0.05) is 35.0 Å². The van der Waals surface area contributed by atoms with Gasteiger partial charge in [0.1, 0.15) is 0 Å². The third-order valence-electron chi connectivity index (χ3n) is 5.84. The third kappa shape index (κ3) is 1.26. The second-order valence-electron chi connectivity index (χ2n) is 6.75. The third-order valence-corrected chi connectivity index (χ3v) is 6.37. The average Bonchev–Trinajstić information content (AvgIpc) is 2.75. The molecule has 0 radical (unpaired) electrons. The Bertz CT molecular complexity index is 857. The van der Waals surface area contributed by atoms with Crippen molar-refractivity contribution in [2.45, 2.75) is 31.3 Å². The van der Waals surface area contributed by atoms with Gasteiger partial charge in [-0.2, -0.15) is 10.5 Å². The Morgan fingerprint density at radius 3 is 2.46 bits per heavy atom. The molecular weight excluding hydrogens is 372 g/mol. The Hall–Kier alpha value is -1.93. The van der Waals surface area contributed by atoms with Crippen LogP contribution in [0, 0.1) is 33.5 Å². The predicted octanol–water partition coefficient (Wildman–Crippen LogP) is 0.281. The van der Waals surface area contributed by atoms with Crippen LogP contribution in [0.5, 0.6) is 0 Å². The zero-order valence-corrected chi connectivity index (χ0v) is 14.8. The van der Waals surface area contributed by atoms with Gasteiger partial charge in [0.05, 0.1) is 30.3 Å². The van der Waals surface area contributed by atoms with E-state index in [2.05, 4.69) is 33.1 Å². The molecule has 1 aromatic rings. The molecule has 2 fully saturated rings. The minimum Gasteiger partial charge on any atom is -0.311 e. The van der Waals surface area contributed by atoms with Crippen molar-refractivity contribution >= 4 is 21.8 Å². The minimum absolute atomic E-state index is 0.195. The topological polar surface area (TPSA) is 106 Å². The molecule has 0 aromatic heterocycles. The van der Waals surface area contributed by atoms with Crippen LogP contribution in [0.1, 0.15) is 19.4 Å². The number of amidine groups is 1. The maximum absolute atomic E-state index is 10.2. The Morgan fingerprint density at radius 2 is 1.96 bits per heavy atom. The largest absolute Gasteiger partial charge is 0.344 e. The first-order chi connectivity index (χ1) is 11.3. The normalized spacial score (nSPS) is 45.4. The molecule has 3 N–H and O–H groups in total. The van der Waals surface area contributed by atoms with E-state index >= 15 is 0 Å². The summed E-state index contributed by atoms with van der Waals surface area (Å²) in [5, 5.41) is 20.2. The average molecular weight is 388 g/mol. The molecule has 1 spiro atoms. The summed E-state index contributed by atoms with van der Waals surface area (Å²) in [7, 11) is 0. The highest BCUT2D eigenvalue weighted by Crippen LogP contribution is 2.82. The molecule has 7 heteroatoms. The Balaban J connectivity index is 1.98. The van der Waals surface area contributed by atoms with Gasteiger partial charge in [-0.15, -0.1) is 0 Å². The fourth-order valence-electron chi connectivity index (χ4n) is 4.72. The van der Waals surface area contributed by atoms with Crippen molar-refractivity contribution in [1.29, 1.82) is 10.5 Å². The smallest absolute Gasteiger partial charge is 0.311 e. The lowest BCUT2D eigenvalue weighted by Crippen LogP contribution is -2.90. The van der Waals surface area contributed by atoms with E-state index in [1.165, 1.54) is 0 Å². The molecule has 4 rings (SSSR count). The van der Waals surface area contributed by atoms with Crippen LogP contribution in [0.4, 0.5) is 0 Å². The summed E-state index contributed by atoms with van der Waals surface area (Å²) in [6, 6.07) is 12.2. The number of nitriles is 2. The minimum atomic E-state index is -1.40. The summed E-state index contributed by atoms with van der Waals surface area (Å²) in [5.74, 6) is -1.17. The van der Waals surface area contributed by atoms with E-state index in [0.717, 1.165) is 10.0 Å². The van der Waals surface area contributed by atoms with Crippen molar-refractivity contribution in [2.24, 2.45) is 16.6 Å². The second kappa shape index (κ2) is 4.37. The molecule has 0 unspecified atom stereocenters. The Morgan fingerprint density at radius 1 is 1.29 bits per heavy atom. The molecule has 24 heavy (non-hydrogen) atoms. The van der Waals surface area contributed by atoms with Crippen LogP contribution in [0.3, 0.4) is 0 Å². The SMILES string of the molecule is C[C@H]1CO[C@]2([NH+]=C(N)[C@@]3(C#N)[C@](C)(c4ccc(Br)cc4)[C@@]23C#N)O1. The Kier molecular flexibility index (Phi) is 2.84. The molecule has 1 saturated carbocycles. The van der Waals surface area contributed by atoms with E-state index in [1.807, 2.05) is 38.1 Å². The summed E-state index contributed by atoms with van der Waals surface area (Å²) in [4.78, 5) is 2.97. The van der Waals surface area contributed by atoms with Crippen LogP contribution >= 0.6 is 15.9 Å². The van der Waals surface area contributed by atoms with Crippen LogP contribution in [0.15, 0.2) is 28.7 Å². The van der Waals surface area contributed by atoms with Gasteiger partial charge < -0.3 is 9.47 Å². The number of ether oxygens (including phenoxy) is 2. The second-order valence-corrected chi connectivity index (χ2v) is 7.67. The van der Waals surface area contributed by atoms with Gasteiger partial charge in [0, 0.05) is 4.47 Å². The van der Waals surface area contributed by atoms with Gasteiger partial charge in [-0.25, -0.2) is 4.99 Å². The van der Waals surface area contributed by atoms with Gasteiger partial charge in [0.25, 0.3) is 5.84 Å². The summed E-state index contributed by atoms with van der Waals surface area (Å²) in [6.45, 7) is 4.08. The lowest BCUT2D eigenvalue weighted by Gasteiger charge is -2.27. The van der Waals surface area contributed by atoms with Gasteiger partial charge in [-0.05, 0) is 24.6 Å². The van der Waals surface area contributed by atoms with Crippen molar-refractivity contribution < 1.29 is 14.5 Å². The van der Waals surface area contributed by atoms with Crippen LogP contribution < -0.4 is 10.7 Å². The van der Waals surface area contributed by atoms with E-state index in [0.29, 0.717) is 6.61 Å². The monoisotopic (exact) mass is 387 g/mol. The number of nitrogens with zero attached hydrogens (tertiary/aromatic N) is 2. The van der Waals surface area contributed by atoms with Crippen molar-refractivity contribution in [1.82, 2.24) is 0 Å². The molecule has 2 aliphatic heterocycles. The first kappa shape index (κ1) is 15.6. The van der Waals surface area contributed by atoms with E-state index in [4.69, 9.17) is 15.2 Å². The quantitative estimate of drug-likeness (QED) is 0.719. The van der Waals surface area contributed by atoms with Crippen LogP contribution in [-0.2, 0) is 14.9 Å². The highest BCUT2D eigenvalue weighted by molar-refractivity contribution is 9.10. The summed E-state index contributed by atoms with van der Waals surface area (Å²) in [6.07, 6.45) is -0.195. The highest BCUT2D eigenvalue weighted by Gasteiger charge is 3.03. The van der Waals surface area contributed by atoms with Gasteiger partial charge >= 0.3 is 5.91 Å². The summed E-state index contributed by atoms with van der Waals surface area (Å²) < 4.78 is 12.8. The molecule has 0 bridgehead atoms. The van der Waals surface area contributed by atoms with Crippen LogP contribution in [0.25, 0.3) is 0 Å². The molecule has 2 heterocycles. The maximum Gasteiger partial charge on any atom is 0.344 e. The molecule has 5 atom stereocenters. The van der Waals surface area contributed by atoms with Gasteiger partial charge in [-0.3, -0.25) is 5.73 Å². The Labute approximate surface area is 148 Å². The lowest BCUT2D eigenvalue weighted by atomic mass is 9.85. The predicted molar refractivity (Wildman–Crippen MR) is 87.0 cm³/mol. The number of hydrogen-bond donors (Lipinski definition) is 2. The molecular formula is C17H16BrN4O2+. The van der Waals surface area contributed by atoms with Gasteiger partial charge in [0.2, 0.25) is 0 Å². The highest BCUT2D eigenvalue weighted by atomic mass is 79.9. The summed E-state index contributed by atoms with van der Waals surface area (Å²) >= 11 is 3.41. The van der Waals surface area contributed by atoms with E-state index in [-0.39, 0.29) is 11.9 Å². The fourth-order valence-corrected chi connectivity index (χ4v) is 4.98. The van der Waals surface area contributed by atoms with Crippen LogP contribution in [-0.4, -0.2) is 24.5 Å². The molecule has 1 saturated heterocycles. The zero-order chi connectivity index (χ0) is 17.4. The maximum atomic E-state index is 10.2. The first-order valence-corrected chi connectivity index (χ1v) is 8.46. The van der Waals surface area contributed by atoms with E-state index in [1.54, 1.807) is 0 Å². The molecule has 6 nitrogen and oxygen atoms in total. The van der Waals surface area contributed by atoms with Crippen LogP contribution in [0.2, 0.25) is 0 Å². The number of nitrogens with two attached hydrogens (primary N) is 1. The van der Waals surface area contributed by atoms with E-state index in [9.17, 15) is 10.5 Å². The molecule has 1 aromatic carbocycles. The molecule has 3 aliphatic rings. The number of halogens is 1. The standard InChI is InChI=1S/C17H15BrN4O2/c1-10-7-23-17(24-10)16(9-20)14(2,11-3-5-12(18)6-4-11)15(16,8-19)13(21)22-17/h3-6,10H,7H2,1-2H3,(H2,21,22)/p+1/t10-,14-,15-,16+,17-/m0/s1. The number of nitrogens with one attached hydrogen (secondary N) is 1. The van der Waals surface area contributed by atoms with E-state index < -0.39 is 22.2 Å². The molecule has 0 amide bonds. The number of rotatable bonds is 1. The van der Waals surface area contributed by atoms with Crippen molar-refractivity contribution in [3.63, 3.8) is 0 Å². The molecule has 122 valence electrons. The number of hydrogen-bond acceptors (Lipinski definition) is 5. The molecule has 1 aliphatic carbocycles.